The fraction of sp³-hybridized carbons (Fsp3) is 0.0833. The number of nitrogens with zero attached hydrogens (tertiary/aromatic N) is 1. The molecule has 0 N–H and O–H groups in total. The Hall–Kier alpha value is -1.29. The van der Waals surface area contributed by atoms with Crippen molar-refractivity contribution in [3.8, 4) is 11.3 Å². The molecule has 0 spiro atoms. The van der Waals surface area contributed by atoms with Crippen LogP contribution in [0.25, 0.3) is 11.3 Å². The van der Waals surface area contributed by atoms with Gasteiger partial charge in [0.2, 0.25) is 0 Å². The Morgan fingerprint density at radius 1 is 1.19 bits per heavy atom. The van der Waals surface area contributed by atoms with Crippen molar-refractivity contribution in [3.63, 3.8) is 0 Å². The normalized spacial score (nSPS) is 10.5. The average Bonchev–Trinajstić information content (AvgIpc) is 2.22. The molecule has 0 bridgehead atoms. The van der Waals surface area contributed by atoms with Crippen molar-refractivity contribution < 1.29 is 8.78 Å². The van der Waals surface area contributed by atoms with E-state index in [9.17, 15) is 8.78 Å². The van der Waals surface area contributed by atoms with Crippen molar-refractivity contribution in [1.82, 2.24) is 4.98 Å². The molecular formula is C12H8BrF2N. The van der Waals surface area contributed by atoms with E-state index >= 15 is 0 Å². The monoisotopic (exact) mass is 283 g/mol. The summed E-state index contributed by atoms with van der Waals surface area (Å²) in [7, 11) is 0. The van der Waals surface area contributed by atoms with Crippen molar-refractivity contribution in [2.45, 2.75) is 6.92 Å². The van der Waals surface area contributed by atoms with E-state index in [-0.39, 0.29) is 0 Å². The minimum absolute atomic E-state index is 0.303. The molecule has 0 fully saturated rings. The molecule has 0 saturated heterocycles. The smallest absolute Gasteiger partial charge is 0.135 e. The van der Waals surface area contributed by atoms with Gasteiger partial charge in [-0.05, 0) is 46.6 Å². The molecule has 0 saturated carbocycles. The quantitative estimate of drug-likeness (QED) is 0.768. The summed E-state index contributed by atoms with van der Waals surface area (Å²) in [4.78, 5) is 4.09. The molecule has 82 valence electrons. The Morgan fingerprint density at radius 3 is 2.56 bits per heavy atom. The van der Waals surface area contributed by atoms with Crippen LogP contribution < -0.4 is 0 Å². The van der Waals surface area contributed by atoms with Gasteiger partial charge in [-0.15, -0.1) is 0 Å². The van der Waals surface area contributed by atoms with Gasteiger partial charge in [0.05, 0.1) is 5.69 Å². The molecule has 0 aliphatic carbocycles. The first-order valence-electron chi connectivity index (χ1n) is 4.65. The summed E-state index contributed by atoms with van der Waals surface area (Å²) in [5, 5.41) is 0. The van der Waals surface area contributed by atoms with E-state index in [4.69, 9.17) is 0 Å². The van der Waals surface area contributed by atoms with Crippen molar-refractivity contribution in [3.05, 3.63) is 52.1 Å². The van der Waals surface area contributed by atoms with Gasteiger partial charge in [0.1, 0.15) is 11.6 Å². The van der Waals surface area contributed by atoms with Crippen LogP contribution in [-0.4, -0.2) is 4.98 Å². The second-order valence-electron chi connectivity index (χ2n) is 3.44. The van der Waals surface area contributed by atoms with E-state index in [1.807, 2.05) is 6.92 Å². The fourth-order valence-corrected chi connectivity index (χ4v) is 1.60. The minimum atomic E-state index is -0.603. The lowest BCUT2D eigenvalue weighted by molar-refractivity contribution is 0.585. The predicted octanol–water partition coefficient (Wildman–Crippen LogP) is 4.10. The van der Waals surface area contributed by atoms with Crippen LogP contribution in [0.3, 0.4) is 0 Å². The third-order valence-corrected chi connectivity index (χ3v) is 3.08. The highest BCUT2D eigenvalue weighted by atomic mass is 79.9. The van der Waals surface area contributed by atoms with Gasteiger partial charge in [-0.3, -0.25) is 4.98 Å². The van der Waals surface area contributed by atoms with Crippen molar-refractivity contribution in [2.75, 3.05) is 0 Å². The van der Waals surface area contributed by atoms with Gasteiger partial charge in [0.25, 0.3) is 0 Å². The SMILES string of the molecule is Cc1cc(-c2ccc(F)cc2F)ncc1Br. The molecule has 2 rings (SSSR count). The lowest BCUT2D eigenvalue weighted by Crippen LogP contribution is -1.90. The molecule has 1 heterocycles. The molecule has 1 aromatic heterocycles. The van der Waals surface area contributed by atoms with Crippen LogP contribution in [-0.2, 0) is 0 Å². The van der Waals surface area contributed by atoms with Crippen molar-refractivity contribution in [1.29, 1.82) is 0 Å². The van der Waals surface area contributed by atoms with E-state index in [1.54, 1.807) is 12.3 Å². The summed E-state index contributed by atoms with van der Waals surface area (Å²) >= 11 is 3.32. The Kier molecular flexibility index (Phi) is 3.01. The maximum absolute atomic E-state index is 13.5. The Labute approximate surface area is 100 Å². The highest BCUT2D eigenvalue weighted by molar-refractivity contribution is 9.10. The summed E-state index contributed by atoms with van der Waals surface area (Å²) in [6.45, 7) is 1.89. The first-order chi connectivity index (χ1) is 7.58. The van der Waals surface area contributed by atoms with Gasteiger partial charge in [0.15, 0.2) is 0 Å². The first-order valence-corrected chi connectivity index (χ1v) is 5.45. The molecule has 16 heavy (non-hydrogen) atoms. The highest BCUT2D eigenvalue weighted by Crippen LogP contribution is 2.24. The molecule has 0 unspecified atom stereocenters. The van der Waals surface area contributed by atoms with Crippen LogP contribution in [0.15, 0.2) is 34.9 Å². The average molecular weight is 284 g/mol. The molecule has 0 radical (unpaired) electrons. The first kappa shape index (κ1) is 11.2. The summed E-state index contributed by atoms with van der Waals surface area (Å²) in [5.41, 5.74) is 1.75. The topological polar surface area (TPSA) is 12.9 Å². The van der Waals surface area contributed by atoms with E-state index < -0.39 is 11.6 Å². The molecule has 1 nitrogen and oxygen atoms in total. The van der Waals surface area contributed by atoms with Crippen molar-refractivity contribution >= 4 is 15.9 Å². The molecule has 0 atom stereocenters. The summed E-state index contributed by atoms with van der Waals surface area (Å²) < 4.78 is 27.1. The lowest BCUT2D eigenvalue weighted by atomic mass is 10.1. The largest absolute Gasteiger partial charge is 0.255 e. The zero-order valence-electron chi connectivity index (χ0n) is 8.47. The van der Waals surface area contributed by atoms with Crippen LogP contribution in [0, 0.1) is 18.6 Å². The predicted molar refractivity (Wildman–Crippen MR) is 62.0 cm³/mol. The number of aryl methyl sites for hydroxylation is 1. The van der Waals surface area contributed by atoms with Gasteiger partial charge in [-0.1, -0.05) is 0 Å². The number of rotatable bonds is 1. The molecule has 0 aliphatic rings. The van der Waals surface area contributed by atoms with Gasteiger partial charge in [0, 0.05) is 22.3 Å². The molecule has 4 heteroatoms. The van der Waals surface area contributed by atoms with Crippen LogP contribution in [0.1, 0.15) is 5.56 Å². The number of halogens is 3. The maximum Gasteiger partial charge on any atom is 0.135 e. The zero-order valence-corrected chi connectivity index (χ0v) is 10.1. The Morgan fingerprint density at radius 2 is 1.94 bits per heavy atom. The van der Waals surface area contributed by atoms with Crippen LogP contribution in [0.2, 0.25) is 0 Å². The molecule has 1 aromatic carbocycles. The zero-order chi connectivity index (χ0) is 11.7. The number of aromatic nitrogens is 1. The molecule has 0 aliphatic heterocycles. The van der Waals surface area contributed by atoms with E-state index in [0.717, 1.165) is 16.1 Å². The minimum Gasteiger partial charge on any atom is -0.255 e. The molecule has 0 amide bonds. The summed E-state index contributed by atoms with van der Waals surface area (Å²) in [5.74, 6) is -1.19. The number of pyridine rings is 1. The van der Waals surface area contributed by atoms with Crippen molar-refractivity contribution in [2.24, 2.45) is 0 Å². The Bertz CT molecular complexity index is 541. The molecular weight excluding hydrogens is 276 g/mol. The van der Waals surface area contributed by atoms with Crippen LogP contribution in [0.5, 0.6) is 0 Å². The Balaban J connectivity index is 2.54. The number of hydrogen-bond donors (Lipinski definition) is 0. The third kappa shape index (κ3) is 2.11. The van der Waals surface area contributed by atoms with E-state index in [2.05, 4.69) is 20.9 Å². The van der Waals surface area contributed by atoms with Gasteiger partial charge in [-0.25, -0.2) is 8.78 Å². The third-order valence-electron chi connectivity index (χ3n) is 2.25. The van der Waals surface area contributed by atoms with E-state index in [1.165, 1.54) is 12.1 Å². The van der Waals surface area contributed by atoms with Gasteiger partial charge < -0.3 is 0 Å². The van der Waals surface area contributed by atoms with Crippen LogP contribution >= 0.6 is 15.9 Å². The van der Waals surface area contributed by atoms with Gasteiger partial charge >= 0.3 is 0 Å². The second kappa shape index (κ2) is 4.29. The van der Waals surface area contributed by atoms with Gasteiger partial charge in [-0.2, -0.15) is 0 Å². The second-order valence-corrected chi connectivity index (χ2v) is 4.30. The highest BCUT2D eigenvalue weighted by Gasteiger charge is 2.08. The summed E-state index contributed by atoms with van der Waals surface area (Å²) in [6.07, 6.45) is 1.60. The fourth-order valence-electron chi connectivity index (χ4n) is 1.38. The molecule has 2 aromatic rings. The van der Waals surface area contributed by atoms with E-state index in [0.29, 0.717) is 11.3 Å². The number of benzene rings is 1. The maximum atomic E-state index is 13.5. The summed E-state index contributed by atoms with van der Waals surface area (Å²) in [6, 6.07) is 5.21. The number of hydrogen-bond acceptors (Lipinski definition) is 1. The lowest BCUT2D eigenvalue weighted by Gasteiger charge is -2.04. The standard InChI is InChI=1S/C12H8BrF2N/c1-7-4-12(16-6-10(7)13)9-3-2-8(14)5-11(9)15/h2-6H,1H3. The van der Waals surface area contributed by atoms with Crippen LogP contribution in [0.4, 0.5) is 8.78 Å².